The molecule has 0 aliphatic carbocycles. The molecule has 1 unspecified atom stereocenters. The molecule has 0 aromatic carbocycles. The zero-order chi connectivity index (χ0) is 11.3. The summed E-state index contributed by atoms with van der Waals surface area (Å²) in [5.74, 6) is 0.608. The van der Waals surface area contributed by atoms with E-state index < -0.39 is 0 Å². The first-order valence-electron chi connectivity index (χ1n) is 4.95. The number of carbonyl (C=O) groups is 1. The van der Waals surface area contributed by atoms with Crippen molar-refractivity contribution >= 4 is 22.6 Å². The van der Waals surface area contributed by atoms with E-state index in [4.69, 9.17) is 0 Å². The van der Waals surface area contributed by atoms with Gasteiger partial charge in [0.1, 0.15) is 5.82 Å². The fraction of sp³-hybridized carbons (Fsp3) is 0.667. The van der Waals surface area contributed by atoms with Gasteiger partial charge in [-0.3, -0.25) is 10.1 Å². The van der Waals surface area contributed by atoms with Crippen LogP contribution in [0.4, 0.5) is 5.13 Å². The van der Waals surface area contributed by atoms with Gasteiger partial charge in [0.05, 0.1) is 6.54 Å². The number of nitrogens with zero attached hydrogens (tertiary/aromatic N) is 2. The summed E-state index contributed by atoms with van der Waals surface area (Å²) in [7, 11) is 0. The van der Waals surface area contributed by atoms with Crippen LogP contribution in [0, 0.1) is 6.92 Å². The summed E-state index contributed by atoms with van der Waals surface area (Å²) < 4.78 is 3.98. The standard InChI is InChI=1S/C9H16N4OS/c1-4-6(2)10-5-8(14)12-9-11-7(3)13-15-9/h6,10H,4-5H2,1-3H3,(H,11,12,13,14). The van der Waals surface area contributed by atoms with Gasteiger partial charge in [-0.15, -0.1) is 0 Å². The molecule has 1 heterocycles. The number of aryl methyl sites for hydroxylation is 1. The lowest BCUT2D eigenvalue weighted by atomic mass is 10.2. The molecule has 6 heteroatoms. The lowest BCUT2D eigenvalue weighted by Gasteiger charge is -2.09. The zero-order valence-electron chi connectivity index (χ0n) is 9.20. The Bertz CT molecular complexity index is 326. The van der Waals surface area contributed by atoms with Gasteiger partial charge >= 0.3 is 0 Å². The molecule has 0 spiro atoms. The van der Waals surface area contributed by atoms with Crippen LogP contribution in [-0.2, 0) is 4.79 Å². The highest BCUT2D eigenvalue weighted by atomic mass is 32.1. The van der Waals surface area contributed by atoms with E-state index in [9.17, 15) is 4.79 Å². The number of aromatic nitrogens is 2. The molecule has 15 heavy (non-hydrogen) atoms. The summed E-state index contributed by atoms with van der Waals surface area (Å²) in [5, 5.41) is 6.35. The number of rotatable bonds is 5. The van der Waals surface area contributed by atoms with Gasteiger partial charge in [-0.25, -0.2) is 4.98 Å². The summed E-state index contributed by atoms with van der Waals surface area (Å²) >= 11 is 1.20. The lowest BCUT2D eigenvalue weighted by Crippen LogP contribution is -2.33. The van der Waals surface area contributed by atoms with E-state index in [0.717, 1.165) is 6.42 Å². The smallest absolute Gasteiger partial charge is 0.240 e. The van der Waals surface area contributed by atoms with E-state index in [2.05, 4.69) is 26.9 Å². The molecule has 0 saturated heterocycles. The van der Waals surface area contributed by atoms with Crippen molar-refractivity contribution < 1.29 is 4.79 Å². The number of amides is 1. The van der Waals surface area contributed by atoms with Gasteiger partial charge in [0.25, 0.3) is 0 Å². The van der Waals surface area contributed by atoms with Gasteiger partial charge in [0.2, 0.25) is 11.0 Å². The molecule has 1 amide bonds. The number of hydrogen-bond donors (Lipinski definition) is 2. The summed E-state index contributed by atoms with van der Waals surface area (Å²) in [6.45, 7) is 6.23. The second-order valence-corrected chi connectivity index (χ2v) is 4.14. The lowest BCUT2D eigenvalue weighted by molar-refractivity contribution is -0.115. The maximum absolute atomic E-state index is 11.4. The van der Waals surface area contributed by atoms with Crippen molar-refractivity contribution in [3.8, 4) is 0 Å². The zero-order valence-corrected chi connectivity index (χ0v) is 10.0. The van der Waals surface area contributed by atoms with Crippen molar-refractivity contribution in [1.29, 1.82) is 0 Å². The van der Waals surface area contributed by atoms with Crippen molar-refractivity contribution in [3.05, 3.63) is 5.82 Å². The van der Waals surface area contributed by atoms with Crippen molar-refractivity contribution in [2.24, 2.45) is 0 Å². The Morgan fingerprint density at radius 2 is 2.33 bits per heavy atom. The molecule has 0 saturated carbocycles. The monoisotopic (exact) mass is 228 g/mol. The third kappa shape index (κ3) is 4.35. The maximum atomic E-state index is 11.4. The quantitative estimate of drug-likeness (QED) is 0.794. The minimum absolute atomic E-state index is 0.0774. The molecule has 5 nitrogen and oxygen atoms in total. The first-order chi connectivity index (χ1) is 7.11. The molecule has 0 aliphatic rings. The molecule has 84 valence electrons. The Morgan fingerprint density at radius 1 is 1.60 bits per heavy atom. The van der Waals surface area contributed by atoms with Gasteiger partial charge in [-0.2, -0.15) is 4.37 Å². The second-order valence-electron chi connectivity index (χ2n) is 3.39. The SMILES string of the molecule is CCC(C)NCC(=O)Nc1nc(C)ns1. The molecule has 0 fully saturated rings. The highest BCUT2D eigenvalue weighted by molar-refractivity contribution is 7.09. The van der Waals surface area contributed by atoms with Crippen LogP contribution in [0.25, 0.3) is 0 Å². The minimum atomic E-state index is -0.0774. The molecule has 0 bridgehead atoms. The van der Waals surface area contributed by atoms with Crippen LogP contribution in [0.1, 0.15) is 26.1 Å². The molecule has 1 atom stereocenters. The Hall–Kier alpha value is -1.01. The topological polar surface area (TPSA) is 66.9 Å². The van der Waals surface area contributed by atoms with Crippen LogP contribution in [0.5, 0.6) is 0 Å². The molecule has 0 aliphatic heterocycles. The second kappa shape index (κ2) is 5.77. The van der Waals surface area contributed by atoms with E-state index in [-0.39, 0.29) is 5.91 Å². The van der Waals surface area contributed by atoms with E-state index in [0.29, 0.717) is 23.5 Å². The summed E-state index contributed by atoms with van der Waals surface area (Å²) in [5.41, 5.74) is 0. The van der Waals surface area contributed by atoms with Crippen LogP contribution in [0.15, 0.2) is 0 Å². The van der Waals surface area contributed by atoms with Crippen molar-refractivity contribution in [3.63, 3.8) is 0 Å². The molecule has 1 aromatic rings. The van der Waals surface area contributed by atoms with E-state index in [1.807, 2.05) is 6.92 Å². The van der Waals surface area contributed by atoms with Crippen LogP contribution >= 0.6 is 11.5 Å². The Labute approximate surface area is 93.5 Å². The molecule has 0 radical (unpaired) electrons. The maximum Gasteiger partial charge on any atom is 0.240 e. The normalized spacial score (nSPS) is 12.5. The van der Waals surface area contributed by atoms with Gasteiger partial charge in [0, 0.05) is 17.6 Å². The molecular weight excluding hydrogens is 212 g/mol. The fourth-order valence-corrected chi connectivity index (χ4v) is 1.51. The third-order valence-electron chi connectivity index (χ3n) is 2.00. The predicted octanol–water partition coefficient (Wildman–Crippen LogP) is 1.17. The number of nitrogens with one attached hydrogen (secondary N) is 2. The average Bonchev–Trinajstić information content (AvgIpc) is 2.60. The van der Waals surface area contributed by atoms with Crippen molar-refractivity contribution in [2.45, 2.75) is 33.2 Å². The largest absolute Gasteiger partial charge is 0.306 e. The number of hydrogen-bond acceptors (Lipinski definition) is 5. The molecule has 1 rings (SSSR count). The van der Waals surface area contributed by atoms with Crippen molar-refractivity contribution in [2.75, 3.05) is 11.9 Å². The van der Waals surface area contributed by atoms with Crippen LogP contribution in [0.2, 0.25) is 0 Å². The highest BCUT2D eigenvalue weighted by Gasteiger charge is 2.06. The molecule has 2 N–H and O–H groups in total. The van der Waals surface area contributed by atoms with Gasteiger partial charge < -0.3 is 5.32 Å². The van der Waals surface area contributed by atoms with E-state index >= 15 is 0 Å². The Morgan fingerprint density at radius 3 is 2.87 bits per heavy atom. The molecule has 1 aromatic heterocycles. The first-order valence-corrected chi connectivity index (χ1v) is 5.72. The van der Waals surface area contributed by atoms with Crippen LogP contribution in [0.3, 0.4) is 0 Å². The van der Waals surface area contributed by atoms with Crippen LogP contribution < -0.4 is 10.6 Å². The van der Waals surface area contributed by atoms with Crippen LogP contribution in [-0.4, -0.2) is 27.9 Å². The predicted molar refractivity (Wildman–Crippen MR) is 61.0 cm³/mol. The van der Waals surface area contributed by atoms with E-state index in [1.165, 1.54) is 11.5 Å². The first kappa shape index (κ1) is 12.1. The third-order valence-corrected chi connectivity index (χ3v) is 2.72. The molecular formula is C9H16N4OS. The number of carbonyl (C=O) groups excluding carboxylic acids is 1. The van der Waals surface area contributed by atoms with E-state index in [1.54, 1.807) is 6.92 Å². The van der Waals surface area contributed by atoms with Gasteiger partial charge in [0.15, 0.2) is 0 Å². The summed E-state index contributed by atoms with van der Waals surface area (Å²) in [6.07, 6.45) is 1.01. The van der Waals surface area contributed by atoms with Crippen molar-refractivity contribution in [1.82, 2.24) is 14.7 Å². The number of anilines is 1. The minimum Gasteiger partial charge on any atom is -0.306 e. The average molecular weight is 228 g/mol. The van der Waals surface area contributed by atoms with Gasteiger partial charge in [-0.05, 0) is 20.3 Å². The van der Waals surface area contributed by atoms with Gasteiger partial charge in [-0.1, -0.05) is 6.92 Å². The summed E-state index contributed by atoms with van der Waals surface area (Å²) in [6, 6.07) is 0.354. The fourth-order valence-electron chi connectivity index (χ4n) is 0.923. The Balaban J connectivity index is 2.30. The summed E-state index contributed by atoms with van der Waals surface area (Å²) in [4.78, 5) is 15.5. The Kier molecular flexibility index (Phi) is 4.64. The highest BCUT2D eigenvalue weighted by Crippen LogP contribution is 2.09.